The van der Waals surface area contributed by atoms with Crippen LogP contribution in [0.5, 0.6) is 0 Å². The second kappa shape index (κ2) is 11.6. The van der Waals surface area contributed by atoms with Crippen molar-refractivity contribution < 1.29 is 50.9 Å². The van der Waals surface area contributed by atoms with Gasteiger partial charge in [-0.05, 0) is 42.9 Å². The monoisotopic (exact) mass is 518 g/mol. The van der Waals surface area contributed by atoms with Crippen molar-refractivity contribution in [3.8, 4) is 0 Å². The number of thioether (sulfide) groups is 1. The Labute approximate surface area is 195 Å². The van der Waals surface area contributed by atoms with Crippen molar-refractivity contribution in [1.82, 2.24) is 9.88 Å². The summed E-state index contributed by atoms with van der Waals surface area (Å²) in [5.41, 5.74) is 1.23. The maximum absolute atomic E-state index is 10.6. The molecule has 1 unspecified atom stereocenters. The Morgan fingerprint density at radius 1 is 1.06 bits per heavy atom. The van der Waals surface area contributed by atoms with Crippen molar-refractivity contribution in [2.75, 3.05) is 25.4 Å². The lowest BCUT2D eigenvalue weighted by Gasteiger charge is -2.47. The van der Waals surface area contributed by atoms with Gasteiger partial charge in [-0.25, -0.2) is 9.59 Å². The molecule has 3 heterocycles. The van der Waals surface area contributed by atoms with Gasteiger partial charge in [0, 0.05) is 42.5 Å². The third kappa shape index (κ3) is 9.66. The van der Waals surface area contributed by atoms with Crippen LogP contribution < -0.4 is 0 Å². The summed E-state index contributed by atoms with van der Waals surface area (Å²) >= 11 is 2.15. The van der Waals surface area contributed by atoms with Gasteiger partial charge in [0.1, 0.15) is 0 Å². The van der Waals surface area contributed by atoms with E-state index >= 15 is 0 Å². The SMILES string of the molecule is O=C(O)C(F)(F)F.O=C(O)C(F)(F)F.c1cc(COC2CSC3(C2)CN(CC2CC2)C3)ccn1. The molecule has 2 N–H and O–H groups in total. The topological polar surface area (TPSA) is 100.0 Å². The van der Waals surface area contributed by atoms with Crippen LogP contribution in [0.25, 0.3) is 0 Å². The molecule has 0 bridgehead atoms. The lowest BCUT2D eigenvalue weighted by atomic mass is 9.92. The number of hydrogen-bond acceptors (Lipinski definition) is 6. The van der Waals surface area contributed by atoms with Gasteiger partial charge in [0.15, 0.2) is 0 Å². The van der Waals surface area contributed by atoms with Crippen molar-refractivity contribution in [2.45, 2.75) is 49.1 Å². The number of halogens is 6. The van der Waals surface area contributed by atoms with E-state index in [1.807, 2.05) is 24.5 Å². The third-order valence-corrected chi connectivity index (χ3v) is 6.71. The molecule has 0 radical (unpaired) electrons. The van der Waals surface area contributed by atoms with Crippen LogP contribution in [0.15, 0.2) is 24.5 Å². The molecule has 3 aliphatic rings. The summed E-state index contributed by atoms with van der Waals surface area (Å²) < 4.78 is 70.1. The smallest absolute Gasteiger partial charge is 0.475 e. The van der Waals surface area contributed by atoms with Crippen LogP contribution in [0.2, 0.25) is 0 Å². The Bertz CT molecular complexity index is 790. The number of aliphatic carboxylic acids is 2. The Hall–Kier alpha value is -2.06. The van der Waals surface area contributed by atoms with E-state index in [0.29, 0.717) is 10.9 Å². The average Bonchev–Trinajstić information content (AvgIpc) is 3.43. The van der Waals surface area contributed by atoms with Gasteiger partial charge in [-0.1, -0.05) is 0 Å². The average molecular weight is 518 g/mol. The number of carbonyl (C=O) groups is 2. The number of carboxylic acids is 2. The fourth-order valence-electron chi connectivity index (χ4n) is 3.39. The number of carboxylic acid groups (broad SMARTS) is 2. The number of likely N-dealkylation sites (tertiary alicyclic amines) is 1. The molecule has 14 heteroatoms. The highest BCUT2D eigenvalue weighted by Crippen LogP contribution is 2.47. The van der Waals surface area contributed by atoms with E-state index in [4.69, 9.17) is 24.5 Å². The van der Waals surface area contributed by atoms with Crippen LogP contribution in [0.4, 0.5) is 26.3 Å². The highest BCUT2D eigenvalue weighted by atomic mass is 32.2. The van der Waals surface area contributed by atoms with Gasteiger partial charge in [0.2, 0.25) is 0 Å². The molecule has 2 aliphatic heterocycles. The summed E-state index contributed by atoms with van der Waals surface area (Å²) in [7, 11) is 0. The normalized spacial score (nSPS) is 21.5. The molecule has 1 aliphatic carbocycles. The number of pyridine rings is 1. The number of hydrogen-bond donors (Lipinski definition) is 2. The summed E-state index contributed by atoms with van der Waals surface area (Å²) in [6.07, 6.45) is -1.88. The van der Waals surface area contributed by atoms with Gasteiger partial charge in [-0.15, -0.1) is 11.8 Å². The first-order valence-electron chi connectivity index (χ1n) is 10.2. The third-order valence-electron chi connectivity index (χ3n) is 5.13. The van der Waals surface area contributed by atoms with E-state index in [2.05, 4.69) is 21.6 Å². The quantitative estimate of drug-likeness (QED) is 0.568. The second-order valence-corrected chi connectivity index (χ2v) is 9.69. The van der Waals surface area contributed by atoms with Crippen molar-refractivity contribution >= 4 is 23.7 Å². The van der Waals surface area contributed by atoms with Crippen LogP contribution in [-0.4, -0.2) is 80.6 Å². The summed E-state index contributed by atoms with van der Waals surface area (Å²) in [5, 5.41) is 14.2. The first kappa shape index (κ1) is 28.2. The number of aromatic nitrogens is 1. The summed E-state index contributed by atoms with van der Waals surface area (Å²) in [4.78, 5) is 24.5. The maximum atomic E-state index is 10.6. The molecule has 1 atom stereocenters. The highest BCUT2D eigenvalue weighted by molar-refractivity contribution is 8.01. The fourth-order valence-corrected chi connectivity index (χ4v) is 4.99. The van der Waals surface area contributed by atoms with E-state index < -0.39 is 24.3 Å². The zero-order valence-corrected chi connectivity index (χ0v) is 18.6. The molecule has 4 rings (SSSR count). The van der Waals surface area contributed by atoms with E-state index in [0.717, 1.165) is 12.5 Å². The minimum atomic E-state index is -5.08. The van der Waals surface area contributed by atoms with Gasteiger partial charge in [-0.3, -0.25) is 4.98 Å². The summed E-state index contributed by atoms with van der Waals surface area (Å²) in [6, 6.07) is 4.08. The number of alkyl halides is 6. The second-order valence-electron chi connectivity index (χ2n) is 8.21. The number of ether oxygens (including phenoxy) is 1. The molecule has 192 valence electrons. The Morgan fingerprint density at radius 3 is 2.00 bits per heavy atom. The van der Waals surface area contributed by atoms with Gasteiger partial charge >= 0.3 is 24.3 Å². The van der Waals surface area contributed by atoms with Crippen molar-refractivity contribution in [3.05, 3.63) is 30.1 Å². The van der Waals surface area contributed by atoms with Gasteiger partial charge < -0.3 is 19.8 Å². The van der Waals surface area contributed by atoms with Crippen LogP contribution in [0.3, 0.4) is 0 Å². The van der Waals surface area contributed by atoms with Gasteiger partial charge in [0.05, 0.1) is 12.7 Å². The van der Waals surface area contributed by atoms with E-state index in [1.165, 1.54) is 50.2 Å². The first-order valence-corrected chi connectivity index (χ1v) is 11.2. The van der Waals surface area contributed by atoms with E-state index in [-0.39, 0.29) is 0 Å². The predicted molar refractivity (Wildman–Crippen MR) is 109 cm³/mol. The Balaban J connectivity index is 0.000000244. The van der Waals surface area contributed by atoms with Crippen LogP contribution in [0, 0.1) is 5.92 Å². The molecule has 1 aromatic rings. The molecule has 2 saturated heterocycles. The molecular weight excluding hydrogens is 494 g/mol. The van der Waals surface area contributed by atoms with Crippen LogP contribution in [-0.2, 0) is 20.9 Å². The zero-order valence-electron chi connectivity index (χ0n) is 17.8. The predicted octanol–water partition coefficient (Wildman–Crippen LogP) is 3.83. The summed E-state index contributed by atoms with van der Waals surface area (Å²) in [6.45, 7) is 4.67. The Morgan fingerprint density at radius 2 is 1.56 bits per heavy atom. The fraction of sp³-hybridized carbons (Fsp3) is 0.650. The van der Waals surface area contributed by atoms with E-state index in [1.54, 1.807) is 0 Å². The lowest BCUT2D eigenvalue weighted by molar-refractivity contribution is -0.193. The van der Waals surface area contributed by atoms with Crippen LogP contribution in [0.1, 0.15) is 24.8 Å². The highest BCUT2D eigenvalue weighted by Gasteiger charge is 2.50. The molecular formula is C20H24F6N2O5S. The standard InChI is InChI=1S/C16H22N2OS.2C2HF3O2/c1-2-13(1)8-18-11-16(12-18)7-15(10-20-16)19-9-14-3-5-17-6-4-14;2*3-2(4,5)1(6)7/h3-6,13,15H,1-2,7-12H2;2*(H,6,7). The van der Waals surface area contributed by atoms with Crippen molar-refractivity contribution in [1.29, 1.82) is 0 Å². The lowest BCUT2D eigenvalue weighted by Crippen LogP contribution is -2.59. The molecule has 34 heavy (non-hydrogen) atoms. The number of nitrogens with zero attached hydrogens (tertiary/aromatic N) is 2. The van der Waals surface area contributed by atoms with Gasteiger partial charge in [0.25, 0.3) is 0 Å². The molecule has 3 fully saturated rings. The zero-order chi connectivity index (χ0) is 25.6. The minimum Gasteiger partial charge on any atom is -0.475 e. The van der Waals surface area contributed by atoms with Crippen molar-refractivity contribution in [3.63, 3.8) is 0 Å². The Kier molecular flexibility index (Phi) is 9.60. The maximum Gasteiger partial charge on any atom is 0.490 e. The van der Waals surface area contributed by atoms with E-state index in [9.17, 15) is 26.3 Å². The first-order chi connectivity index (χ1) is 15.7. The number of rotatable bonds is 5. The minimum absolute atomic E-state index is 0.441. The molecule has 0 amide bonds. The largest absolute Gasteiger partial charge is 0.490 e. The molecule has 1 spiro atoms. The van der Waals surface area contributed by atoms with Crippen LogP contribution >= 0.6 is 11.8 Å². The molecule has 1 aromatic heterocycles. The molecule has 0 aromatic carbocycles. The van der Waals surface area contributed by atoms with Crippen molar-refractivity contribution in [2.24, 2.45) is 5.92 Å². The van der Waals surface area contributed by atoms with Gasteiger partial charge in [-0.2, -0.15) is 26.3 Å². The summed E-state index contributed by atoms with van der Waals surface area (Å²) in [5.74, 6) is -3.32. The molecule has 1 saturated carbocycles. The molecule has 7 nitrogen and oxygen atoms in total.